The predicted molar refractivity (Wildman–Crippen MR) is 73.8 cm³/mol. The number of hydrogen-bond donors (Lipinski definition) is 2. The number of halogens is 1. The molecular weight excluding hydrogens is 265 g/mol. The van der Waals surface area contributed by atoms with Crippen LogP contribution in [0.4, 0.5) is 20.6 Å². The number of carbonyl (C=O) groups excluding carboxylic acids is 2. The lowest BCUT2D eigenvalue weighted by Crippen LogP contribution is -2.30. The lowest BCUT2D eigenvalue weighted by molar-refractivity contribution is -0.109. The van der Waals surface area contributed by atoms with Gasteiger partial charge in [0.15, 0.2) is 0 Å². The molecule has 2 rings (SSSR count). The molecule has 0 spiro atoms. The molecule has 1 fully saturated rings. The summed E-state index contributed by atoms with van der Waals surface area (Å²) in [7, 11) is 0. The standard InChI is InChI=1S/C11H12FN3O3.C2H6/c12-9-3-7(1-2-10(9)13)15-5-8(4-14-6-16)18-11(15)17;1-2/h1-3,6,8H,4-5,13H2,(H,14,16);1-2H3. The van der Waals surface area contributed by atoms with Crippen LogP contribution in [-0.4, -0.2) is 31.7 Å². The molecule has 7 heteroatoms. The van der Waals surface area contributed by atoms with E-state index in [1.54, 1.807) is 0 Å². The zero-order chi connectivity index (χ0) is 15.1. The Bertz CT molecular complexity index is 482. The third-order valence-electron chi connectivity index (χ3n) is 2.60. The highest BCUT2D eigenvalue weighted by molar-refractivity contribution is 5.90. The van der Waals surface area contributed by atoms with Crippen LogP contribution in [0, 0.1) is 5.82 Å². The third kappa shape index (κ3) is 3.59. The van der Waals surface area contributed by atoms with Gasteiger partial charge in [-0.1, -0.05) is 13.8 Å². The Morgan fingerprint density at radius 3 is 2.85 bits per heavy atom. The number of anilines is 2. The molecule has 0 aliphatic carbocycles. The maximum absolute atomic E-state index is 13.3. The number of nitrogen functional groups attached to an aromatic ring is 1. The highest BCUT2D eigenvalue weighted by Gasteiger charge is 2.32. The molecule has 0 radical (unpaired) electrons. The predicted octanol–water partition coefficient (Wildman–Crippen LogP) is 1.51. The third-order valence-corrected chi connectivity index (χ3v) is 2.60. The highest BCUT2D eigenvalue weighted by Crippen LogP contribution is 2.24. The average Bonchev–Trinajstić information content (AvgIpc) is 2.83. The molecule has 1 aliphatic rings. The normalized spacial score (nSPS) is 17.1. The smallest absolute Gasteiger partial charge is 0.414 e. The fraction of sp³-hybridized carbons (Fsp3) is 0.385. The van der Waals surface area contributed by atoms with Gasteiger partial charge in [-0.3, -0.25) is 9.69 Å². The molecule has 1 unspecified atom stereocenters. The van der Waals surface area contributed by atoms with E-state index in [0.717, 1.165) is 0 Å². The summed E-state index contributed by atoms with van der Waals surface area (Å²) < 4.78 is 18.3. The largest absolute Gasteiger partial charge is 0.442 e. The van der Waals surface area contributed by atoms with E-state index < -0.39 is 18.0 Å². The number of carbonyl (C=O) groups is 2. The fourth-order valence-corrected chi connectivity index (χ4v) is 1.70. The molecule has 1 aromatic carbocycles. The Morgan fingerprint density at radius 1 is 1.55 bits per heavy atom. The zero-order valence-corrected chi connectivity index (χ0v) is 11.4. The summed E-state index contributed by atoms with van der Waals surface area (Å²) in [5, 5.41) is 2.42. The van der Waals surface area contributed by atoms with E-state index in [4.69, 9.17) is 10.5 Å². The SMILES string of the molecule is CC.Nc1ccc(N2CC(CNC=O)OC2=O)cc1F. The van der Waals surface area contributed by atoms with Crippen molar-refractivity contribution in [2.24, 2.45) is 0 Å². The van der Waals surface area contributed by atoms with Gasteiger partial charge >= 0.3 is 6.09 Å². The van der Waals surface area contributed by atoms with Gasteiger partial charge in [0.25, 0.3) is 0 Å². The molecule has 1 atom stereocenters. The molecule has 1 aromatic rings. The first kappa shape index (κ1) is 15.7. The summed E-state index contributed by atoms with van der Waals surface area (Å²) in [5.41, 5.74) is 5.75. The van der Waals surface area contributed by atoms with Crippen molar-refractivity contribution in [1.82, 2.24) is 5.32 Å². The molecule has 0 aromatic heterocycles. The molecule has 0 bridgehead atoms. The minimum absolute atomic E-state index is 0.0190. The number of nitrogens with two attached hydrogens (primary N) is 1. The van der Waals surface area contributed by atoms with Gasteiger partial charge in [-0.2, -0.15) is 0 Å². The Balaban J connectivity index is 0.000000956. The molecule has 1 heterocycles. The minimum atomic E-state index is -0.588. The Labute approximate surface area is 116 Å². The van der Waals surface area contributed by atoms with Gasteiger partial charge in [0.2, 0.25) is 6.41 Å². The second-order valence-electron chi connectivity index (χ2n) is 3.85. The van der Waals surface area contributed by atoms with Crippen LogP contribution < -0.4 is 16.0 Å². The first-order valence-electron chi connectivity index (χ1n) is 6.32. The van der Waals surface area contributed by atoms with Crippen LogP contribution in [0.15, 0.2) is 18.2 Å². The van der Waals surface area contributed by atoms with E-state index in [2.05, 4.69) is 5.32 Å². The van der Waals surface area contributed by atoms with Crippen molar-refractivity contribution in [2.75, 3.05) is 23.7 Å². The summed E-state index contributed by atoms with van der Waals surface area (Å²) in [6, 6.07) is 4.09. The van der Waals surface area contributed by atoms with Crippen molar-refractivity contribution in [3.8, 4) is 0 Å². The maximum atomic E-state index is 13.3. The fourth-order valence-electron chi connectivity index (χ4n) is 1.70. The van der Waals surface area contributed by atoms with E-state index >= 15 is 0 Å². The van der Waals surface area contributed by atoms with Gasteiger partial charge in [0, 0.05) is 0 Å². The number of ether oxygens (including phenoxy) is 1. The minimum Gasteiger partial charge on any atom is -0.442 e. The number of nitrogens with zero attached hydrogens (tertiary/aromatic N) is 1. The molecule has 110 valence electrons. The maximum Gasteiger partial charge on any atom is 0.414 e. The first-order valence-corrected chi connectivity index (χ1v) is 6.32. The van der Waals surface area contributed by atoms with Gasteiger partial charge < -0.3 is 15.8 Å². The van der Waals surface area contributed by atoms with Crippen molar-refractivity contribution in [3.05, 3.63) is 24.0 Å². The van der Waals surface area contributed by atoms with Crippen LogP contribution in [0.5, 0.6) is 0 Å². The molecular formula is C13H18FN3O3. The van der Waals surface area contributed by atoms with Crippen molar-refractivity contribution in [2.45, 2.75) is 20.0 Å². The lowest BCUT2D eigenvalue weighted by atomic mass is 10.2. The second-order valence-corrected chi connectivity index (χ2v) is 3.85. The Morgan fingerprint density at radius 2 is 2.25 bits per heavy atom. The van der Waals surface area contributed by atoms with Crippen LogP contribution in [0.2, 0.25) is 0 Å². The van der Waals surface area contributed by atoms with Gasteiger partial charge in [-0.15, -0.1) is 0 Å². The van der Waals surface area contributed by atoms with Gasteiger partial charge in [-0.05, 0) is 18.2 Å². The average molecular weight is 283 g/mol. The number of benzene rings is 1. The van der Waals surface area contributed by atoms with Crippen LogP contribution >= 0.6 is 0 Å². The van der Waals surface area contributed by atoms with E-state index in [-0.39, 0.29) is 18.8 Å². The lowest BCUT2D eigenvalue weighted by Gasteiger charge is -2.13. The second kappa shape index (κ2) is 7.32. The van der Waals surface area contributed by atoms with Crippen LogP contribution in [0.25, 0.3) is 0 Å². The van der Waals surface area contributed by atoms with Crippen molar-refractivity contribution in [1.29, 1.82) is 0 Å². The number of hydrogen-bond acceptors (Lipinski definition) is 4. The molecule has 3 N–H and O–H groups in total. The number of nitrogens with one attached hydrogen (secondary N) is 1. The van der Waals surface area contributed by atoms with Crippen molar-refractivity contribution in [3.63, 3.8) is 0 Å². The van der Waals surface area contributed by atoms with Crippen LogP contribution in [0.1, 0.15) is 13.8 Å². The summed E-state index contributed by atoms with van der Waals surface area (Å²) in [6.07, 6.45) is -0.487. The van der Waals surface area contributed by atoms with Crippen molar-refractivity contribution >= 4 is 23.9 Å². The number of rotatable bonds is 4. The summed E-state index contributed by atoms with van der Waals surface area (Å²) in [6.45, 7) is 4.48. The topological polar surface area (TPSA) is 84.7 Å². The summed E-state index contributed by atoms with van der Waals surface area (Å²) >= 11 is 0. The van der Waals surface area contributed by atoms with Crippen molar-refractivity contribution < 1.29 is 18.7 Å². The van der Waals surface area contributed by atoms with Gasteiger partial charge in [-0.25, -0.2) is 9.18 Å². The van der Waals surface area contributed by atoms with Gasteiger partial charge in [0.05, 0.1) is 24.5 Å². The number of amides is 2. The molecule has 2 amide bonds. The number of cyclic esters (lactones) is 1. The van der Waals surface area contributed by atoms with E-state index in [1.807, 2.05) is 13.8 Å². The van der Waals surface area contributed by atoms with E-state index in [9.17, 15) is 14.0 Å². The zero-order valence-electron chi connectivity index (χ0n) is 11.4. The quantitative estimate of drug-likeness (QED) is 0.648. The van der Waals surface area contributed by atoms with Crippen LogP contribution in [-0.2, 0) is 9.53 Å². The molecule has 20 heavy (non-hydrogen) atoms. The highest BCUT2D eigenvalue weighted by atomic mass is 19.1. The summed E-state index contributed by atoms with van der Waals surface area (Å²) in [5.74, 6) is -0.588. The van der Waals surface area contributed by atoms with Gasteiger partial charge in [0.1, 0.15) is 11.9 Å². The Kier molecular flexibility index (Phi) is 5.76. The monoisotopic (exact) mass is 283 g/mol. The van der Waals surface area contributed by atoms with E-state index in [0.29, 0.717) is 12.1 Å². The molecule has 0 saturated carbocycles. The molecule has 6 nitrogen and oxygen atoms in total. The van der Waals surface area contributed by atoms with Crippen LogP contribution in [0.3, 0.4) is 0 Å². The summed E-state index contributed by atoms with van der Waals surface area (Å²) in [4.78, 5) is 23.0. The Hall–Kier alpha value is -2.31. The molecule has 1 aliphatic heterocycles. The van der Waals surface area contributed by atoms with E-state index in [1.165, 1.54) is 23.1 Å². The first-order chi connectivity index (χ1) is 9.61. The molecule has 1 saturated heterocycles.